The maximum atomic E-state index is 12.4. The monoisotopic (exact) mass is 283 g/mol. The van der Waals surface area contributed by atoms with Crippen LogP contribution in [0, 0.1) is 0 Å². The van der Waals surface area contributed by atoms with Crippen LogP contribution in [0.4, 0.5) is 18.9 Å². The lowest BCUT2D eigenvalue weighted by molar-refractivity contribution is -0.137. The van der Waals surface area contributed by atoms with Crippen molar-refractivity contribution in [2.45, 2.75) is 6.18 Å². The largest absolute Gasteiger partial charge is 0.416 e. The molecule has 0 saturated heterocycles. The van der Waals surface area contributed by atoms with Gasteiger partial charge in [-0.1, -0.05) is 23.7 Å². The van der Waals surface area contributed by atoms with E-state index >= 15 is 0 Å². The highest BCUT2D eigenvalue weighted by molar-refractivity contribution is 6.30. The second kappa shape index (κ2) is 5.45. The van der Waals surface area contributed by atoms with Gasteiger partial charge in [0.2, 0.25) is 0 Å². The van der Waals surface area contributed by atoms with Gasteiger partial charge in [0, 0.05) is 11.2 Å². The van der Waals surface area contributed by atoms with Crippen LogP contribution >= 0.6 is 11.6 Å². The van der Waals surface area contributed by atoms with Crippen molar-refractivity contribution in [1.82, 2.24) is 0 Å². The van der Waals surface area contributed by atoms with Gasteiger partial charge in [0.05, 0.1) is 11.3 Å². The zero-order chi connectivity index (χ0) is 13.9. The Kier molecular flexibility index (Phi) is 3.90. The van der Waals surface area contributed by atoms with Gasteiger partial charge in [0.15, 0.2) is 0 Å². The Morgan fingerprint density at radius 2 is 1.47 bits per heavy atom. The van der Waals surface area contributed by atoms with Gasteiger partial charge in [-0.25, -0.2) is 0 Å². The van der Waals surface area contributed by atoms with Gasteiger partial charge in [-0.2, -0.15) is 13.2 Å². The van der Waals surface area contributed by atoms with E-state index in [9.17, 15) is 13.2 Å². The summed E-state index contributed by atoms with van der Waals surface area (Å²) in [4.78, 5) is 4.14. The van der Waals surface area contributed by atoms with E-state index in [-0.39, 0.29) is 0 Å². The molecule has 0 atom stereocenters. The van der Waals surface area contributed by atoms with Gasteiger partial charge < -0.3 is 0 Å². The molecule has 0 N–H and O–H groups in total. The highest BCUT2D eigenvalue weighted by atomic mass is 35.5. The number of hydrogen-bond acceptors (Lipinski definition) is 1. The van der Waals surface area contributed by atoms with Crippen LogP contribution in [0.15, 0.2) is 53.5 Å². The SMILES string of the molecule is FC(F)(F)c1ccc(C=Nc2ccc(Cl)cc2)cc1. The molecule has 2 aromatic carbocycles. The molecule has 0 aliphatic rings. The molecule has 19 heavy (non-hydrogen) atoms. The molecule has 0 amide bonds. The fourth-order valence-corrected chi connectivity index (χ4v) is 1.56. The van der Waals surface area contributed by atoms with Crippen LogP contribution in [0.5, 0.6) is 0 Å². The standard InChI is InChI=1S/C14H9ClF3N/c15-12-5-7-13(8-6-12)19-9-10-1-3-11(4-2-10)14(16,17)18/h1-9H. The number of benzene rings is 2. The molecule has 0 aromatic heterocycles. The molecule has 0 aliphatic carbocycles. The molecule has 0 aliphatic heterocycles. The highest BCUT2D eigenvalue weighted by Gasteiger charge is 2.29. The number of alkyl halides is 3. The first-order valence-electron chi connectivity index (χ1n) is 5.42. The summed E-state index contributed by atoms with van der Waals surface area (Å²) in [7, 11) is 0. The second-order valence-electron chi connectivity index (χ2n) is 3.85. The molecule has 5 heteroatoms. The van der Waals surface area contributed by atoms with E-state index in [2.05, 4.69) is 4.99 Å². The van der Waals surface area contributed by atoms with Gasteiger partial charge in [0.25, 0.3) is 0 Å². The molecule has 0 bridgehead atoms. The summed E-state index contributed by atoms with van der Waals surface area (Å²) in [5.74, 6) is 0. The van der Waals surface area contributed by atoms with Gasteiger partial charge >= 0.3 is 6.18 Å². The molecule has 1 nitrogen and oxygen atoms in total. The number of aliphatic imine (C=N–C) groups is 1. The van der Waals surface area contributed by atoms with E-state index in [1.54, 1.807) is 24.3 Å². The van der Waals surface area contributed by atoms with Crippen LogP contribution in [0.3, 0.4) is 0 Å². The molecule has 0 spiro atoms. The number of halogens is 4. The van der Waals surface area contributed by atoms with Crippen LogP contribution in [0.2, 0.25) is 5.02 Å². The summed E-state index contributed by atoms with van der Waals surface area (Å²) in [6.07, 6.45) is -2.81. The van der Waals surface area contributed by atoms with Crippen LogP contribution in [0.1, 0.15) is 11.1 Å². The minimum absolute atomic E-state index is 0.600. The molecule has 0 unspecified atom stereocenters. The summed E-state index contributed by atoms with van der Waals surface area (Å²) >= 11 is 5.73. The molecular formula is C14H9ClF3N. The van der Waals surface area contributed by atoms with Gasteiger partial charge in [0.1, 0.15) is 0 Å². The average molecular weight is 284 g/mol. The first-order valence-corrected chi connectivity index (χ1v) is 5.80. The third kappa shape index (κ3) is 3.83. The van der Waals surface area contributed by atoms with E-state index in [0.717, 1.165) is 12.1 Å². The number of hydrogen-bond donors (Lipinski definition) is 0. The summed E-state index contributed by atoms with van der Waals surface area (Å²) in [6.45, 7) is 0. The van der Waals surface area contributed by atoms with Crippen molar-refractivity contribution in [3.8, 4) is 0 Å². The highest BCUT2D eigenvalue weighted by Crippen LogP contribution is 2.28. The number of nitrogens with zero attached hydrogens (tertiary/aromatic N) is 1. The number of rotatable bonds is 2. The van der Waals surface area contributed by atoms with Crippen molar-refractivity contribution < 1.29 is 13.2 Å². The van der Waals surface area contributed by atoms with Gasteiger partial charge in [-0.15, -0.1) is 0 Å². The molecular weight excluding hydrogens is 275 g/mol. The van der Waals surface area contributed by atoms with Crippen molar-refractivity contribution in [3.05, 3.63) is 64.7 Å². The van der Waals surface area contributed by atoms with Crippen molar-refractivity contribution in [1.29, 1.82) is 0 Å². The minimum atomic E-state index is -4.31. The summed E-state index contributed by atoms with van der Waals surface area (Å²) in [5, 5.41) is 0.605. The quantitative estimate of drug-likeness (QED) is 0.679. The van der Waals surface area contributed by atoms with Gasteiger partial charge in [-0.3, -0.25) is 4.99 Å². The minimum Gasteiger partial charge on any atom is -0.256 e. The summed E-state index contributed by atoms with van der Waals surface area (Å²) < 4.78 is 37.1. The molecule has 2 rings (SSSR count). The lowest BCUT2D eigenvalue weighted by Crippen LogP contribution is -2.04. The maximum absolute atomic E-state index is 12.4. The van der Waals surface area contributed by atoms with Gasteiger partial charge in [-0.05, 0) is 42.0 Å². The summed E-state index contributed by atoms with van der Waals surface area (Å²) in [5.41, 5.74) is 0.614. The second-order valence-corrected chi connectivity index (χ2v) is 4.29. The molecule has 0 saturated carbocycles. The Bertz CT molecular complexity index is 571. The van der Waals surface area contributed by atoms with Crippen molar-refractivity contribution in [3.63, 3.8) is 0 Å². The smallest absolute Gasteiger partial charge is 0.256 e. The lowest BCUT2D eigenvalue weighted by Gasteiger charge is -2.05. The van der Waals surface area contributed by atoms with E-state index in [1.807, 2.05) is 0 Å². The Labute approximate surface area is 113 Å². The first-order chi connectivity index (χ1) is 8.95. The Balaban J connectivity index is 2.13. The summed E-state index contributed by atoms with van der Waals surface area (Å²) in [6, 6.07) is 11.7. The fourth-order valence-electron chi connectivity index (χ4n) is 1.43. The molecule has 2 aromatic rings. The van der Waals surface area contributed by atoms with E-state index in [0.29, 0.717) is 16.3 Å². The predicted molar refractivity (Wildman–Crippen MR) is 70.2 cm³/mol. The van der Waals surface area contributed by atoms with Crippen LogP contribution in [0.25, 0.3) is 0 Å². The van der Waals surface area contributed by atoms with Crippen molar-refractivity contribution in [2.75, 3.05) is 0 Å². The molecule has 0 radical (unpaired) electrons. The molecule has 0 heterocycles. The Morgan fingerprint density at radius 3 is 2.00 bits per heavy atom. The zero-order valence-electron chi connectivity index (χ0n) is 9.66. The van der Waals surface area contributed by atoms with E-state index in [1.165, 1.54) is 18.3 Å². The topological polar surface area (TPSA) is 12.4 Å². The molecule has 98 valence electrons. The lowest BCUT2D eigenvalue weighted by atomic mass is 10.1. The van der Waals surface area contributed by atoms with Crippen LogP contribution in [-0.2, 0) is 6.18 Å². The van der Waals surface area contributed by atoms with Crippen molar-refractivity contribution in [2.24, 2.45) is 4.99 Å². The molecule has 0 fully saturated rings. The predicted octanol–water partition coefficient (Wildman–Crippen LogP) is 5.11. The van der Waals surface area contributed by atoms with Crippen LogP contribution in [-0.4, -0.2) is 6.21 Å². The normalized spacial score (nSPS) is 12.0. The Morgan fingerprint density at radius 1 is 0.895 bits per heavy atom. The Hall–Kier alpha value is -1.81. The third-order valence-corrected chi connectivity index (χ3v) is 2.68. The van der Waals surface area contributed by atoms with Crippen molar-refractivity contribution >= 4 is 23.5 Å². The van der Waals surface area contributed by atoms with E-state index < -0.39 is 11.7 Å². The average Bonchev–Trinajstić information content (AvgIpc) is 2.37. The zero-order valence-corrected chi connectivity index (χ0v) is 10.4. The maximum Gasteiger partial charge on any atom is 0.416 e. The van der Waals surface area contributed by atoms with Crippen LogP contribution < -0.4 is 0 Å². The van der Waals surface area contributed by atoms with E-state index in [4.69, 9.17) is 11.6 Å². The third-order valence-electron chi connectivity index (χ3n) is 2.43. The fraction of sp³-hybridized carbons (Fsp3) is 0.0714. The first kappa shape index (κ1) is 13.6.